The standard InChI is InChI=1S/C23H19F2N3O2S/c1-27(23(30)16-4-2-5-18(25)12-16)14-22(29)28-20(15-7-9-17(24)10-8-15)13-19(26-28)21-6-3-11-31-21/h2-12,20H,13-14H2,1H3/t20-/m0/s1. The van der Waals surface area contributed by atoms with E-state index in [-0.39, 0.29) is 23.8 Å². The van der Waals surface area contributed by atoms with Crippen LogP contribution in [0.3, 0.4) is 0 Å². The molecule has 0 aliphatic carbocycles. The van der Waals surface area contributed by atoms with Crippen LogP contribution < -0.4 is 0 Å². The van der Waals surface area contributed by atoms with Crippen molar-refractivity contribution in [3.63, 3.8) is 0 Å². The van der Waals surface area contributed by atoms with Crippen LogP contribution in [-0.4, -0.2) is 41.0 Å². The van der Waals surface area contributed by atoms with Crippen LogP contribution >= 0.6 is 11.3 Å². The van der Waals surface area contributed by atoms with E-state index in [0.717, 1.165) is 22.2 Å². The molecule has 8 heteroatoms. The highest BCUT2D eigenvalue weighted by atomic mass is 32.1. The fourth-order valence-corrected chi connectivity index (χ4v) is 4.19. The van der Waals surface area contributed by atoms with Gasteiger partial charge in [0.1, 0.15) is 18.2 Å². The lowest BCUT2D eigenvalue weighted by atomic mass is 10.0. The zero-order chi connectivity index (χ0) is 22.0. The molecule has 4 rings (SSSR count). The third kappa shape index (κ3) is 4.54. The zero-order valence-electron chi connectivity index (χ0n) is 16.7. The molecule has 0 spiro atoms. The van der Waals surface area contributed by atoms with Gasteiger partial charge in [0.05, 0.1) is 16.6 Å². The topological polar surface area (TPSA) is 53.0 Å². The smallest absolute Gasteiger partial charge is 0.262 e. The zero-order valence-corrected chi connectivity index (χ0v) is 17.5. The molecule has 0 saturated carbocycles. The summed E-state index contributed by atoms with van der Waals surface area (Å²) >= 11 is 1.52. The van der Waals surface area contributed by atoms with Gasteiger partial charge in [-0.25, -0.2) is 13.8 Å². The number of carbonyl (C=O) groups is 2. The summed E-state index contributed by atoms with van der Waals surface area (Å²) in [6.07, 6.45) is 0.486. The molecule has 0 radical (unpaired) electrons. The first-order chi connectivity index (χ1) is 14.9. The van der Waals surface area contributed by atoms with Crippen molar-refractivity contribution in [2.24, 2.45) is 5.10 Å². The van der Waals surface area contributed by atoms with Gasteiger partial charge in [0.15, 0.2) is 0 Å². The average Bonchev–Trinajstić information content (AvgIpc) is 3.43. The van der Waals surface area contributed by atoms with E-state index in [1.165, 1.54) is 58.6 Å². The fourth-order valence-electron chi connectivity index (χ4n) is 3.47. The highest BCUT2D eigenvalue weighted by Gasteiger charge is 2.34. The third-order valence-electron chi connectivity index (χ3n) is 5.02. The van der Waals surface area contributed by atoms with E-state index in [4.69, 9.17) is 0 Å². The van der Waals surface area contributed by atoms with Gasteiger partial charge in [0.25, 0.3) is 11.8 Å². The monoisotopic (exact) mass is 439 g/mol. The first-order valence-corrected chi connectivity index (χ1v) is 10.5. The fraction of sp³-hybridized carbons (Fsp3) is 0.174. The summed E-state index contributed by atoms with van der Waals surface area (Å²) in [5.41, 5.74) is 1.68. The minimum absolute atomic E-state index is 0.162. The van der Waals surface area contributed by atoms with Crippen molar-refractivity contribution in [2.75, 3.05) is 13.6 Å². The molecule has 1 aromatic heterocycles. The second-order valence-electron chi connectivity index (χ2n) is 7.21. The third-order valence-corrected chi connectivity index (χ3v) is 5.94. The van der Waals surface area contributed by atoms with Gasteiger partial charge in [0.2, 0.25) is 0 Å². The molecular formula is C23H19F2N3O2S. The van der Waals surface area contributed by atoms with Crippen LogP contribution in [0.15, 0.2) is 71.1 Å². The number of nitrogens with zero attached hydrogens (tertiary/aromatic N) is 3. The number of halogens is 2. The minimum Gasteiger partial charge on any atom is -0.332 e. The largest absolute Gasteiger partial charge is 0.332 e. The van der Waals surface area contributed by atoms with E-state index in [1.54, 1.807) is 12.1 Å². The quantitative estimate of drug-likeness (QED) is 0.589. The highest BCUT2D eigenvalue weighted by Crippen LogP contribution is 2.34. The molecule has 0 unspecified atom stereocenters. The molecule has 3 aromatic rings. The Morgan fingerprint density at radius 3 is 2.55 bits per heavy atom. The van der Waals surface area contributed by atoms with Gasteiger partial charge in [-0.15, -0.1) is 11.3 Å². The Balaban J connectivity index is 1.56. The number of amides is 2. The highest BCUT2D eigenvalue weighted by molar-refractivity contribution is 7.12. The van der Waals surface area contributed by atoms with Crippen LogP contribution in [0.25, 0.3) is 0 Å². The van der Waals surface area contributed by atoms with Gasteiger partial charge in [-0.1, -0.05) is 24.3 Å². The maximum Gasteiger partial charge on any atom is 0.262 e. The van der Waals surface area contributed by atoms with Crippen LogP contribution in [0.2, 0.25) is 0 Å². The van der Waals surface area contributed by atoms with Crippen LogP contribution in [0.5, 0.6) is 0 Å². The Kier molecular flexibility index (Phi) is 5.90. The van der Waals surface area contributed by atoms with Gasteiger partial charge >= 0.3 is 0 Å². The summed E-state index contributed by atoms with van der Waals surface area (Å²) in [6.45, 7) is -0.228. The Bertz CT molecular complexity index is 1130. The van der Waals surface area contributed by atoms with Crippen molar-refractivity contribution in [3.05, 3.63) is 93.7 Å². The first-order valence-electron chi connectivity index (χ1n) is 9.62. The SMILES string of the molecule is CN(CC(=O)N1N=C(c2cccs2)C[C@H]1c1ccc(F)cc1)C(=O)c1cccc(F)c1. The molecule has 1 aliphatic heterocycles. The summed E-state index contributed by atoms with van der Waals surface area (Å²) in [7, 11) is 1.48. The second kappa shape index (κ2) is 8.77. The summed E-state index contributed by atoms with van der Waals surface area (Å²) in [5, 5.41) is 7.82. The number of hydrogen-bond donors (Lipinski definition) is 0. The Hall–Kier alpha value is -3.39. The van der Waals surface area contributed by atoms with Crippen LogP contribution in [0.1, 0.15) is 33.3 Å². The summed E-state index contributed by atoms with van der Waals surface area (Å²) in [6, 6.07) is 14.7. The van der Waals surface area contributed by atoms with Crippen molar-refractivity contribution in [1.29, 1.82) is 0 Å². The first kappa shape index (κ1) is 20.9. The molecule has 5 nitrogen and oxygen atoms in total. The summed E-state index contributed by atoms with van der Waals surface area (Å²) in [4.78, 5) is 27.9. The van der Waals surface area contributed by atoms with Gasteiger partial charge in [-0.3, -0.25) is 9.59 Å². The number of carbonyl (C=O) groups excluding carboxylic acids is 2. The molecule has 2 aromatic carbocycles. The van der Waals surface area contributed by atoms with Crippen molar-refractivity contribution >= 4 is 28.9 Å². The lowest BCUT2D eigenvalue weighted by molar-refractivity contribution is -0.133. The molecular weight excluding hydrogens is 420 g/mol. The number of thiophene rings is 1. The van der Waals surface area contributed by atoms with Crippen molar-refractivity contribution in [1.82, 2.24) is 9.91 Å². The number of rotatable bonds is 5. The Morgan fingerprint density at radius 1 is 1.10 bits per heavy atom. The molecule has 0 saturated heterocycles. The molecule has 0 bridgehead atoms. The van der Waals surface area contributed by atoms with Gasteiger partial charge in [-0.2, -0.15) is 5.10 Å². The Morgan fingerprint density at radius 2 is 1.87 bits per heavy atom. The maximum absolute atomic E-state index is 13.5. The predicted molar refractivity (Wildman–Crippen MR) is 115 cm³/mol. The van der Waals surface area contributed by atoms with Crippen LogP contribution in [0.4, 0.5) is 8.78 Å². The van der Waals surface area contributed by atoms with E-state index < -0.39 is 17.8 Å². The molecule has 2 amide bonds. The molecule has 0 N–H and O–H groups in total. The van der Waals surface area contributed by atoms with Gasteiger partial charge < -0.3 is 4.90 Å². The number of hydrazone groups is 1. The van der Waals surface area contributed by atoms with Gasteiger partial charge in [-0.05, 0) is 47.3 Å². The van der Waals surface area contributed by atoms with Crippen LogP contribution in [-0.2, 0) is 4.79 Å². The van der Waals surface area contributed by atoms with Crippen LogP contribution in [0, 0.1) is 11.6 Å². The number of benzene rings is 2. The van der Waals surface area contributed by atoms with Crippen molar-refractivity contribution in [2.45, 2.75) is 12.5 Å². The predicted octanol–water partition coefficient (Wildman–Crippen LogP) is 4.48. The van der Waals surface area contributed by atoms with E-state index >= 15 is 0 Å². The molecule has 1 aliphatic rings. The molecule has 158 valence electrons. The summed E-state index contributed by atoms with van der Waals surface area (Å²) in [5.74, 6) is -1.73. The van der Waals surface area contributed by atoms with E-state index in [0.29, 0.717) is 6.42 Å². The molecule has 31 heavy (non-hydrogen) atoms. The van der Waals surface area contributed by atoms with E-state index in [9.17, 15) is 18.4 Å². The van der Waals surface area contributed by atoms with E-state index in [1.807, 2.05) is 17.5 Å². The summed E-state index contributed by atoms with van der Waals surface area (Å²) < 4.78 is 26.9. The molecule has 0 fully saturated rings. The second-order valence-corrected chi connectivity index (χ2v) is 8.15. The number of hydrogen-bond acceptors (Lipinski definition) is 4. The Labute approximate surface area is 182 Å². The van der Waals surface area contributed by atoms with Crippen molar-refractivity contribution in [3.8, 4) is 0 Å². The average molecular weight is 439 g/mol. The van der Waals surface area contributed by atoms with E-state index in [2.05, 4.69) is 5.10 Å². The lowest BCUT2D eigenvalue weighted by Gasteiger charge is -2.25. The van der Waals surface area contributed by atoms with Crippen molar-refractivity contribution < 1.29 is 18.4 Å². The van der Waals surface area contributed by atoms with Gasteiger partial charge in [0, 0.05) is 19.0 Å². The number of likely N-dealkylation sites (N-methyl/N-ethyl adjacent to an activating group) is 1. The minimum atomic E-state index is -0.522. The maximum atomic E-state index is 13.5. The normalized spacial score (nSPS) is 15.6. The molecule has 2 heterocycles. The molecule has 1 atom stereocenters. The lowest BCUT2D eigenvalue weighted by Crippen LogP contribution is -2.39.